The summed E-state index contributed by atoms with van der Waals surface area (Å²) in [4.78, 5) is 32.7. The molecular formula is C20H24N4O2S. The predicted octanol–water partition coefficient (Wildman–Crippen LogP) is 3.71. The van der Waals surface area contributed by atoms with Gasteiger partial charge in [-0.25, -0.2) is 9.78 Å². The molecule has 2 fully saturated rings. The molecule has 3 heterocycles. The maximum Gasteiger partial charge on any atom is 0.318 e. The van der Waals surface area contributed by atoms with Crippen LogP contribution in [0.3, 0.4) is 0 Å². The summed E-state index contributed by atoms with van der Waals surface area (Å²) in [6.45, 7) is 2.04. The van der Waals surface area contributed by atoms with Crippen molar-refractivity contribution >= 4 is 29.0 Å². The van der Waals surface area contributed by atoms with Crippen LogP contribution in [0.1, 0.15) is 48.7 Å². The molecule has 0 bridgehead atoms. The van der Waals surface area contributed by atoms with Crippen LogP contribution in [0.2, 0.25) is 0 Å². The highest BCUT2D eigenvalue weighted by Gasteiger charge is 2.29. The van der Waals surface area contributed by atoms with Crippen LogP contribution in [0.4, 0.5) is 10.5 Å². The zero-order valence-electron chi connectivity index (χ0n) is 15.3. The fourth-order valence-electron chi connectivity index (χ4n) is 3.82. The van der Waals surface area contributed by atoms with Crippen molar-refractivity contribution < 1.29 is 9.59 Å². The van der Waals surface area contributed by atoms with Crippen LogP contribution in [0.15, 0.2) is 35.8 Å². The van der Waals surface area contributed by atoms with Crippen molar-refractivity contribution in [2.75, 3.05) is 18.0 Å². The highest BCUT2D eigenvalue weighted by molar-refractivity contribution is 7.09. The number of piperidine rings is 1. The van der Waals surface area contributed by atoms with Crippen LogP contribution >= 0.6 is 11.3 Å². The van der Waals surface area contributed by atoms with E-state index in [-0.39, 0.29) is 18.0 Å². The number of urea groups is 1. The van der Waals surface area contributed by atoms with Gasteiger partial charge in [-0.05, 0) is 43.4 Å². The van der Waals surface area contributed by atoms with Crippen LogP contribution in [0.25, 0.3) is 0 Å². The van der Waals surface area contributed by atoms with Gasteiger partial charge in [0.15, 0.2) is 0 Å². The van der Waals surface area contributed by atoms with Crippen molar-refractivity contribution in [3.05, 3.63) is 46.4 Å². The number of nitrogens with one attached hydrogen (secondary N) is 1. The maximum absolute atomic E-state index is 12.7. The van der Waals surface area contributed by atoms with Gasteiger partial charge in [0, 0.05) is 43.3 Å². The quantitative estimate of drug-likeness (QED) is 0.874. The summed E-state index contributed by atoms with van der Waals surface area (Å²) in [5.74, 6) is 0.189. The molecule has 2 saturated heterocycles. The first kappa shape index (κ1) is 18.0. The number of carbonyl (C=O) groups is 2. The molecule has 7 heteroatoms. The fraction of sp³-hybridized carbons (Fsp3) is 0.450. The number of amides is 3. The van der Waals surface area contributed by atoms with Crippen molar-refractivity contribution in [2.24, 2.45) is 0 Å². The third-order valence-corrected chi connectivity index (χ3v) is 6.14. The van der Waals surface area contributed by atoms with Gasteiger partial charge in [0.2, 0.25) is 5.91 Å². The molecule has 142 valence electrons. The van der Waals surface area contributed by atoms with E-state index in [1.54, 1.807) is 17.5 Å². The topological polar surface area (TPSA) is 65.5 Å². The molecule has 6 nitrogen and oxygen atoms in total. The lowest BCUT2D eigenvalue weighted by atomic mass is 10.0. The Morgan fingerprint density at radius 2 is 2.04 bits per heavy atom. The summed E-state index contributed by atoms with van der Waals surface area (Å²) < 4.78 is 0. The fourth-order valence-corrected chi connectivity index (χ4v) is 4.61. The van der Waals surface area contributed by atoms with E-state index in [0.717, 1.165) is 55.0 Å². The summed E-state index contributed by atoms with van der Waals surface area (Å²) in [7, 11) is 0. The van der Waals surface area contributed by atoms with E-state index in [9.17, 15) is 9.59 Å². The molecular weight excluding hydrogens is 360 g/mol. The smallest absolute Gasteiger partial charge is 0.318 e. The van der Waals surface area contributed by atoms with E-state index in [1.807, 2.05) is 39.4 Å². The minimum Gasteiger partial charge on any atom is -0.334 e. The SMILES string of the molecule is O=C1CCCN1c1ccc(CNC(=O)N2CCCCC2c2nccs2)cc1. The second-order valence-corrected chi connectivity index (χ2v) is 7.98. The van der Waals surface area contributed by atoms with Gasteiger partial charge in [0.25, 0.3) is 0 Å². The second-order valence-electron chi connectivity index (χ2n) is 7.05. The first-order valence-electron chi connectivity index (χ1n) is 9.55. The maximum atomic E-state index is 12.7. The average molecular weight is 385 g/mol. The molecule has 3 amide bonds. The van der Waals surface area contributed by atoms with Gasteiger partial charge in [-0.1, -0.05) is 12.1 Å². The number of hydrogen-bond donors (Lipinski definition) is 1. The number of rotatable bonds is 4. The van der Waals surface area contributed by atoms with Crippen molar-refractivity contribution in [2.45, 2.75) is 44.7 Å². The number of likely N-dealkylation sites (tertiary alicyclic amines) is 1. The highest BCUT2D eigenvalue weighted by Crippen LogP contribution is 2.32. The molecule has 0 spiro atoms. The third-order valence-electron chi connectivity index (χ3n) is 5.27. The van der Waals surface area contributed by atoms with Gasteiger partial charge in [0.05, 0.1) is 6.04 Å². The van der Waals surface area contributed by atoms with Crippen molar-refractivity contribution in [3.63, 3.8) is 0 Å². The van der Waals surface area contributed by atoms with Gasteiger partial charge >= 0.3 is 6.03 Å². The number of hydrogen-bond acceptors (Lipinski definition) is 4. The first-order valence-corrected chi connectivity index (χ1v) is 10.4. The largest absolute Gasteiger partial charge is 0.334 e. The van der Waals surface area contributed by atoms with E-state index in [0.29, 0.717) is 13.0 Å². The van der Waals surface area contributed by atoms with E-state index < -0.39 is 0 Å². The Hall–Kier alpha value is -2.41. The van der Waals surface area contributed by atoms with E-state index in [4.69, 9.17) is 0 Å². The molecule has 2 aromatic rings. The van der Waals surface area contributed by atoms with Crippen molar-refractivity contribution in [3.8, 4) is 0 Å². The molecule has 1 aromatic heterocycles. The Balaban J connectivity index is 1.36. The molecule has 0 radical (unpaired) electrons. The third kappa shape index (κ3) is 3.98. The number of benzene rings is 1. The molecule has 1 unspecified atom stereocenters. The number of anilines is 1. The molecule has 27 heavy (non-hydrogen) atoms. The Morgan fingerprint density at radius 3 is 2.74 bits per heavy atom. The van der Waals surface area contributed by atoms with E-state index >= 15 is 0 Å². The zero-order chi connectivity index (χ0) is 18.6. The lowest BCUT2D eigenvalue weighted by Gasteiger charge is -2.34. The first-order chi connectivity index (χ1) is 13.2. The molecule has 4 rings (SSSR count). The zero-order valence-corrected chi connectivity index (χ0v) is 16.1. The average Bonchev–Trinajstić information content (AvgIpc) is 3.38. The minimum atomic E-state index is -0.0336. The normalized spacial score (nSPS) is 20.1. The van der Waals surface area contributed by atoms with Gasteiger partial charge in [0.1, 0.15) is 5.01 Å². The van der Waals surface area contributed by atoms with Gasteiger partial charge in [-0.15, -0.1) is 11.3 Å². The summed E-state index contributed by atoms with van der Waals surface area (Å²) in [6, 6.07) is 7.94. The minimum absolute atomic E-state index is 0.0336. The summed E-state index contributed by atoms with van der Waals surface area (Å²) in [5, 5.41) is 6.02. The van der Waals surface area contributed by atoms with Gasteiger partial charge in [-0.3, -0.25) is 4.79 Å². The lowest BCUT2D eigenvalue weighted by molar-refractivity contribution is -0.117. The lowest BCUT2D eigenvalue weighted by Crippen LogP contribution is -2.44. The van der Waals surface area contributed by atoms with Crippen LogP contribution in [0.5, 0.6) is 0 Å². The number of aromatic nitrogens is 1. The summed E-state index contributed by atoms with van der Waals surface area (Å²) in [6.07, 6.45) is 6.50. The molecule has 1 atom stereocenters. The Labute approximate surface area is 163 Å². The van der Waals surface area contributed by atoms with Crippen LogP contribution in [0, 0.1) is 0 Å². The Bertz CT molecular complexity index is 791. The second kappa shape index (κ2) is 8.08. The van der Waals surface area contributed by atoms with Crippen LogP contribution in [-0.2, 0) is 11.3 Å². The number of carbonyl (C=O) groups excluding carboxylic acids is 2. The number of nitrogens with zero attached hydrogens (tertiary/aromatic N) is 3. The van der Waals surface area contributed by atoms with Crippen LogP contribution < -0.4 is 10.2 Å². The van der Waals surface area contributed by atoms with Crippen molar-refractivity contribution in [1.82, 2.24) is 15.2 Å². The molecule has 0 saturated carbocycles. The molecule has 2 aliphatic rings. The standard InChI is InChI=1S/C20H24N4O2S/c25-18-5-3-12-23(18)16-8-6-15(7-9-16)14-22-20(26)24-11-2-1-4-17(24)19-21-10-13-27-19/h6-10,13,17H,1-5,11-12,14H2,(H,22,26). The molecule has 2 aliphatic heterocycles. The Kier molecular flexibility index (Phi) is 5.38. The van der Waals surface area contributed by atoms with Crippen LogP contribution in [-0.4, -0.2) is 34.9 Å². The monoisotopic (exact) mass is 384 g/mol. The Morgan fingerprint density at radius 1 is 1.19 bits per heavy atom. The predicted molar refractivity (Wildman–Crippen MR) is 106 cm³/mol. The number of thiazole rings is 1. The summed E-state index contributed by atoms with van der Waals surface area (Å²) in [5.41, 5.74) is 1.97. The molecule has 0 aliphatic carbocycles. The highest BCUT2D eigenvalue weighted by atomic mass is 32.1. The molecule has 1 aromatic carbocycles. The molecule has 1 N–H and O–H groups in total. The van der Waals surface area contributed by atoms with E-state index in [2.05, 4.69) is 10.3 Å². The van der Waals surface area contributed by atoms with E-state index in [1.165, 1.54) is 0 Å². The van der Waals surface area contributed by atoms with Gasteiger partial charge < -0.3 is 15.1 Å². The van der Waals surface area contributed by atoms with Crippen molar-refractivity contribution in [1.29, 1.82) is 0 Å². The van der Waals surface area contributed by atoms with Gasteiger partial charge in [-0.2, -0.15) is 0 Å². The summed E-state index contributed by atoms with van der Waals surface area (Å²) >= 11 is 1.61.